The molecule has 1 aromatic heterocycles. The average molecular weight is 201 g/mol. The van der Waals surface area contributed by atoms with Crippen LogP contribution in [-0.4, -0.2) is 22.6 Å². The largest absolute Gasteiger partial charge is 0.354 e. The Kier molecular flexibility index (Phi) is 3.92. The van der Waals surface area contributed by atoms with Crippen molar-refractivity contribution in [1.82, 2.24) is 9.97 Å². The molecule has 1 aromatic rings. The summed E-state index contributed by atoms with van der Waals surface area (Å²) >= 11 is 5.62. The summed E-state index contributed by atoms with van der Waals surface area (Å²) in [6.45, 7) is 2.74. The fourth-order valence-electron chi connectivity index (χ4n) is 0.815. The predicted octanol–water partition coefficient (Wildman–Crippen LogP) is 1.28. The highest BCUT2D eigenvalue weighted by molar-refractivity contribution is 6.30. The Hall–Kier alpha value is -0.870. The molecule has 3 N–H and O–H groups in total. The van der Waals surface area contributed by atoms with Gasteiger partial charge < -0.3 is 11.1 Å². The maximum atomic E-state index is 5.62. The number of nitrogens with one attached hydrogen (secondary N) is 1. The molecule has 0 bridgehead atoms. The van der Waals surface area contributed by atoms with Crippen LogP contribution in [0.3, 0.4) is 0 Å². The summed E-state index contributed by atoms with van der Waals surface area (Å²) in [5, 5.41) is 3.58. The molecule has 1 rings (SSSR count). The Bertz CT molecular complexity index is 247. The standard InChI is InChI=1S/C8H13ClN4/c1-6(10)2-3-11-8-12-4-7(9)5-13-8/h4-6H,2-3,10H2,1H3,(H,11,12,13). The van der Waals surface area contributed by atoms with Gasteiger partial charge in [-0.3, -0.25) is 0 Å². The van der Waals surface area contributed by atoms with E-state index in [-0.39, 0.29) is 6.04 Å². The molecule has 1 atom stereocenters. The SMILES string of the molecule is CC(N)CCNc1ncc(Cl)cn1. The van der Waals surface area contributed by atoms with E-state index in [1.54, 1.807) is 12.4 Å². The third-order valence-electron chi connectivity index (χ3n) is 1.50. The van der Waals surface area contributed by atoms with E-state index >= 15 is 0 Å². The molecule has 13 heavy (non-hydrogen) atoms. The summed E-state index contributed by atoms with van der Waals surface area (Å²) in [6.07, 6.45) is 4.01. The number of nitrogens with two attached hydrogens (primary N) is 1. The van der Waals surface area contributed by atoms with E-state index in [4.69, 9.17) is 17.3 Å². The van der Waals surface area contributed by atoms with Gasteiger partial charge in [-0.25, -0.2) is 9.97 Å². The molecular formula is C8H13ClN4. The first-order valence-electron chi connectivity index (χ1n) is 4.15. The third-order valence-corrected chi connectivity index (χ3v) is 1.70. The van der Waals surface area contributed by atoms with Gasteiger partial charge in [0.1, 0.15) is 0 Å². The van der Waals surface area contributed by atoms with Crippen molar-refractivity contribution in [1.29, 1.82) is 0 Å². The summed E-state index contributed by atoms with van der Waals surface area (Å²) in [6, 6.07) is 0.194. The lowest BCUT2D eigenvalue weighted by Crippen LogP contribution is -2.19. The van der Waals surface area contributed by atoms with Crippen LogP contribution in [0.1, 0.15) is 13.3 Å². The zero-order valence-electron chi connectivity index (χ0n) is 7.50. The van der Waals surface area contributed by atoms with Crippen molar-refractivity contribution in [2.75, 3.05) is 11.9 Å². The molecule has 0 aliphatic carbocycles. The lowest BCUT2D eigenvalue weighted by Gasteiger charge is -2.06. The third kappa shape index (κ3) is 4.05. The average Bonchev–Trinajstić information content (AvgIpc) is 2.08. The molecule has 0 aromatic carbocycles. The number of nitrogens with zero attached hydrogens (tertiary/aromatic N) is 2. The molecule has 4 nitrogen and oxygen atoms in total. The van der Waals surface area contributed by atoms with E-state index in [1.807, 2.05) is 6.92 Å². The van der Waals surface area contributed by atoms with E-state index < -0.39 is 0 Å². The second-order valence-electron chi connectivity index (χ2n) is 2.92. The molecule has 0 radical (unpaired) electrons. The Morgan fingerprint density at radius 3 is 2.69 bits per heavy atom. The van der Waals surface area contributed by atoms with Gasteiger partial charge in [0.05, 0.1) is 17.4 Å². The summed E-state index contributed by atoms with van der Waals surface area (Å²) in [5.41, 5.74) is 5.58. The van der Waals surface area contributed by atoms with E-state index in [0.29, 0.717) is 11.0 Å². The highest BCUT2D eigenvalue weighted by atomic mass is 35.5. The van der Waals surface area contributed by atoms with Crippen molar-refractivity contribution in [3.05, 3.63) is 17.4 Å². The van der Waals surface area contributed by atoms with Crippen LogP contribution in [0.4, 0.5) is 5.95 Å². The summed E-state index contributed by atoms with van der Waals surface area (Å²) < 4.78 is 0. The van der Waals surface area contributed by atoms with E-state index in [1.165, 1.54) is 0 Å². The number of hydrogen-bond acceptors (Lipinski definition) is 4. The van der Waals surface area contributed by atoms with Crippen LogP contribution in [0.15, 0.2) is 12.4 Å². The van der Waals surface area contributed by atoms with Gasteiger partial charge >= 0.3 is 0 Å². The lowest BCUT2D eigenvalue weighted by molar-refractivity contribution is 0.688. The minimum atomic E-state index is 0.194. The van der Waals surface area contributed by atoms with E-state index in [0.717, 1.165) is 13.0 Å². The van der Waals surface area contributed by atoms with Gasteiger partial charge in [0, 0.05) is 12.6 Å². The first-order chi connectivity index (χ1) is 6.18. The lowest BCUT2D eigenvalue weighted by atomic mass is 10.2. The second kappa shape index (κ2) is 4.99. The van der Waals surface area contributed by atoms with Gasteiger partial charge in [-0.1, -0.05) is 11.6 Å². The van der Waals surface area contributed by atoms with Gasteiger partial charge in [-0.2, -0.15) is 0 Å². The van der Waals surface area contributed by atoms with Crippen LogP contribution < -0.4 is 11.1 Å². The van der Waals surface area contributed by atoms with Crippen LogP contribution in [0, 0.1) is 0 Å². The molecule has 0 aliphatic rings. The van der Waals surface area contributed by atoms with Gasteiger partial charge in [0.25, 0.3) is 0 Å². The summed E-state index contributed by atoms with van der Waals surface area (Å²) in [4.78, 5) is 7.96. The highest BCUT2D eigenvalue weighted by Gasteiger charge is 1.96. The Morgan fingerprint density at radius 2 is 2.15 bits per heavy atom. The molecule has 0 amide bonds. The van der Waals surface area contributed by atoms with Crippen molar-refractivity contribution in [3.63, 3.8) is 0 Å². The molecule has 0 aliphatic heterocycles. The second-order valence-corrected chi connectivity index (χ2v) is 3.35. The van der Waals surface area contributed by atoms with Gasteiger partial charge in [0.2, 0.25) is 5.95 Å². The van der Waals surface area contributed by atoms with E-state index in [9.17, 15) is 0 Å². The van der Waals surface area contributed by atoms with Crippen molar-refractivity contribution in [2.45, 2.75) is 19.4 Å². The van der Waals surface area contributed by atoms with Gasteiger partial charge in [-0.05, 0) is 13.3 Å². The molecule has 5 heteroatoms. The fourth-order valence-corrected chi connectivity index (χ4v) is 0.913. The smallest absolute Gasteiger partial charge is 0.222 e. The number of anilines is 1. The zero-order valence-corrected chi connectivity index (χ0v) is 8.25. The Balaban J connectivity index is 2.33. The molecule has 0 fully saturated rings. The minimum absolute atomic E-state index is 0.194. The van der Waals surface area contributed by atoms with Crippen molar-refractivity contribution < 1.29 is 0 Å². The van der Waals surface area contributed by atoms with Crippen LogP contribution in [-0.2, 0) is 0 Å². The van der Waals surface area contributed by atoms with Crippen molar-refractivity contribution in [3.8, 4) is 0 Å². The fraction of sp³-hybridized carbons (Fsp3) is 0.500. The topological polar surface area (TPSA) is 63.8 Å². The number of halogens is 1. The summed E-state index contributed by atoms with van der Waals surface area (Å²) in [5.74, 6) is 0.588. The first kappa shape index (κ1) is 10.2. The molecule has 0 spiro atoms. The van der Waals surface area contributed by atoms with E-state index in [2.05, 4.69) is 15.3 Å². The molecule has 1 unspecified atom stereocenters. The van der Waals surface area contributed by atoms with Crippen LogP contribution in [0.5, 0.6) is 0 Å². The predicted molar refractivity (Wildman–Crippen MR) is 53.8 cm³/mol. The maximum absolute atomic E-state index is 5.62. The molecule has 0 saturated carbocycles. The van der Waals surface area contributed by atoms with Crippen molar-refractivity contribution in [2.24, 2.45) is 5.73 Å². The van der Waals surface area contributed by atoms with Crippen LogP contribution in [0.25, 0.3) is 0 Å². The van der Waals surface area contributed by atoms with Gasteiger partial charge in [0.15, 0.2) is 0 Å². The Morgan fingerprint density at radius 1 is 1.54 bits per heavy atom. The van der Waals surface area contributed by atoms with Crippen LogP contribution >= 0.6 is 11.6 Å². The quantitative estimate of drug-likeness (QED) is 0.769. The number of hydrogen-bond donors (Lipinski definition) is 2. The van der Waals surface area contributed by atoms with Crippen molar-refractivity contribution >= 4 is 17.5 Å². The zero-order chi connectivity index (χ0) is 9.68. The first-order valence-corrected chi connectivity index (χ1v) is 4.53. The minimum Gasteiger partial charge on any atom is -0.354 e. The normalized spacial score (nSPS) is 12.5. The summed E-state index contributed by atoms with van der Waals surface area (Å²) in [7, 11) is 0. The van der Waals surface area contributed by atoms with Gasteiger partial charge in [-0.15, -0.1) is 0 Å². The molecule has 1 heterocycles. The molecule has 0 saturated heterocycles. The molecular weight excluding hydrogens is 188 g/mol. The maximum Gasteiger partial charge on any atom is 0.222 e. The monoisotopic (exact) mass is 200 g/mol. The Labute approximate surface area is 82.5 Å². The number of aromatic nitrogens is 2. The highest BCUT2D eigenvalue weighted by Crippen LogP contribution is 2.05. The number of rotatable bonds is 4. The molecule has 72 valence electrons. The van der Waals surface area contributed by atoms with Crippen LogP contribution in [0.2, 0.25) is 5.02 Å².